The molecular weight excluding hydrogens is 364 g/mol. The SMILES string of the molecule is CN1CCN([C@@H]2C[C@@H]3CN(C(=O)Cc4cccc(F)c4F)C[C@@H]3C[C@H]2O)CC1. The third kappa shape index (κ3) is 3.93. The summed E-state index contributed by atoms with van der Waals surface area (Å²) in [6.07, 6.45) is 1.13. The number of hydrogen-bond donors (Lipinski definition) is 1. The number of benzene rings is 1. The van der Waals surface area contributed by atoms with Crippen LogP contribution in [-0.4, -0.2) is 84.2 Å². The second-order valence-corrected chi connectivity index (χ2v) is 8.65. The van der Waals surface area contributed by atoms with E-state index in [1.54, 1.807) is 4.90 Å². The Morgan fingerprint density at radius 3 is 2.50 bits per heavy atom. The molecule has 1 saturated carbocycles. The molecule has 5 nitrogen and oxygen atoms in total. The van der Waals surface area contributed by atoms with Crippen molar-refractivity contribution in [3.63, 3.8) is 0 Å². The highest BCUT2D eigenvalue weighted by atomic mass is 19.2. The van der Waals surface area contributed by atoms with Crippen LogP contribution >= 0.6 is 0 Å². The zero-order valence-corrected chi connectivity index (χ0v) is 16.4. The van der Waals surface area contributed by atoms with E-state index in [1.165, 1.54) is 12.1 Å². The lowest BCUT2D eigenvalue weighted by Gasteiger charge is -2.44. The molecule has 2 saturated heterocycles. The van der Waals surface area contributed by atoms with Gasteiger partial charge >= 0.3 is 0 Å². The predicted octanol–water partition coefficient (Wildman–Crippen LogP) is 1.35. The van der Waals surface area contributed by atoms with Crippen LogP contribution in [0.5, 0.6) is 0 Å². The number of amides is 1. The summed E-state index contributed by atoms with van der Waals surface area (Å²) >= 11 is 0. The van der Waals surface area contributed by atoms with Gasteiger partial charge in [-0.1, -0.05) is 12.1 Å². The first-order valence-corrected chi connectivity index (χ1v) is 10.2. The minimum Gasteiger partial charge on any atom is -0.391 e. The van der Waals surface area contributed by atoms with E-state index >= 15 is 0 Å². The average molecular weight is 393 g/mol. The Hall–Kier alpha value is -1.57. The molecule has 4 atom stereocenters. The average Bonchev–Trinajstić information content (AvgIpc) is 3.08. The zero-order chi connectivity index (χ0) is 19.8. The van der Waals surface area contributed by atoms with Gasteiger partial charge in [-0.3, -0.25) is 9.69 Å². The fourth-order valence-corrected chi connectivity index (χ4v) is 5.12. The van der Waals surface area contributed by atoms with Gasteiger partial charge in [-0.05, 0) is 37.8 Å². The van der Waals surface area contributed by atoms with Gasteiger partial charge in [-0.25, -0.2) is 8.78 Å². The lowest BCUT2D eigenvalue weighted by atomic mass is 9.77. The van der Waals surface area contributed by atoms with Gasteiger partial charge in [0.25, 0.3) is 0 Å². The maximum atomic E-state index is 13.9. The molecular formula is C21H29F2N3O2. The topological polar surface area (TPSA) is 47.0 Å². The number of hydrogen-bond acceptors (Lipinski definition) is 4. The number of rotatable bonds is 3. The molecule has 1 aromatic carbocycles. The van der Waals surface area contributed by atoms with Crippen LogP contribution in [0.3, 0.4) is 0 Å². The Morgan fingerprint density at radius 1 is 1.11 bits per heavy atom. The van der Waals surface area contributed by atoms with E-state index in [0.29, 0.717) is 31.3 Å². The van der Waals surface area contributed by atoms with Gasteiger partial charge in [-0.2, -0.15) is 0 Å². The Morgan fingerprint density at radius 2 is 1.79 bits per heavy atom. The van der Waals surface area contributed by atoms with Crippen molar-refractivity contribution in [3.8, 4) is 0 Å². The minimum absolute atomic E-state index is 0.107. The van der Waals surface area contributed by atoms with Gasteiger partial charge in [0.15, 0.2) is 11.6 Å². The van der Waals surface area contributed by atoms with Crippen molar-refractivity contribution in [1.82, 2.24) is 14.7 Å². The molecule has 0 spiro atoms. The number of aliphatic hydroxyl groups is 1. The van der Waals surface area contributed by atoms with Crippen molar-refractivity contribution in [1.29, 1.82) is 0 Å². The molecule has 0 bridgehead atoms. The van der Waals surface area contributed by atoms with Crippen LogP contribution < -0.4 is 0 Å². The first-order valence-electron chi connectivity index (χ1n) is 10.2. The maximum absolute atomic E-state index is 13.9. The number of carbonyl (C=O) groups is 1. The third-order valence-corrected chi connectivity index (χ3v) is 6.84. The lowest BCUT2D eigenvalue weighted by Crippen LogP contribution is -2.55. The molecule has 1 amide bonds. The van der Waals surface area contributed by atoms with Gasteiger partial charge in [0, 0.05) is 50.9 Å². The number of aliphatic hydroxyl groups excluding tert-OH is 1. The highest BCUT2D eigenvalue weighted by Gasteiger charge is 2.44. The first kappa shape index (κ1) is 19.7. The number of likely N-dealkylation sites (tertiary alicyclic amines) is 1. The molecule has 2 heterocycles. The molecule has 3 fully saturated rings. The van der Waals surface area contributed by atoms with Gasteiger partial charge < -0.3 is 14.9 Å². The van der Waals surface area contributed by atoms with Crippen molar-refractivity contribution in [3.05, 3.63) is 35.4 Å². The molecule has 1 aromatic rings. The largest absolute Gasteiger partial charge is 0.391 e. The van der Waals surface area contributed by atoms with Crippen molar-refractivity contribution < 1.29 is 18.7 Å². The monoisotopic (exact) mass is 393 g/mol. The molecule has 1 N–H and O–H groups in total. The maximum Gasteiger partial charge on any atom is 0.227 e. The van der Waals surface area contributed by atoms with Gasteiger partial charge in [0.2, 0.25) is 5.91 Å². The Kier molecular flexibility index (Phi) is 5.67. The molecule has 0 radical (unpaired) electrons. The smallest absolute Gasteiger partial charge is 0.227 e. The third-order valence-electron chi connectivity index (χ3n) is 6.84. The zero-order valence-electron chi connectivity index (χ0n) is 16.4. The van der Waals surface area contributed by atoms with Gasteiger partial charge in [-0.15, -0.1) is 0 Å². The molecule has 4 rings (SSSR count). The Labute approximate surface area is 164 Å². The van der Waals surface area contributed by atoms with E-state index < -0.39 is 11.6 Å². The number of carbonyl (C=O) groups excluding carboxylic acids is 1. The summed E-state index contributed by atoms with van der Waals surface area (Å²) in [6, 6.07) is 4.12. The van der Waals surface area contributed by atoms with Crippen LogP contribution in [0.15, 0.2) is 18.2 Å². The summed E-state index contributed by atoms with van der Waals surface area (Å²) in [7, 11) is 2.12. The number of likely N-dealkylation sites (N-methyl/N-ethyl adjacent to an activating group) is 1. The molecule has 28 heavy (non-hydrogen) atoms. The summed E-state index contributed by atoms with van der Waals surface area (Å²) < 4.78 is 27.3. The summed E-state index contributed by atoms with van der Waals surface area (Å²) in [6.45, 7) is 5.22. The van der Waals surface area contributed by atoms with Crippen molar-refractivity contribution in [2.45, 2.75) is 31.4 Å². The molecule has 154 valence electrons. The van der Waals surface area contributed by atoms with Crippen LogP contribution in [0.1, 0.15) is 18.4 Å². The quantitative estimate of drug-likeness (QED) is 0.842. The van der Waals surface area contributed by atoms with Crippen LogP contribution in [0.25, 0.3) is 0 Å². The van der Waals surface area contributed by atoms with E-state index in [9.17, 15) is 18.7 Å². The van der Waals surface area contributed by atoms with Gasteiger partial charge in [0.1, 0.15) is 0 Å². The molecule has 0 unspecified atom stereocenters. The van der Waals surface area contributed by atoms with Crippen molar-refractivity contribution in [2.75, 3.05) is 46.3 Å². The molecule has 0 aromatic heterocycles. The number of halogens is 2. The van der Waals surface area contributed by atoms with Crippen LogP contribution in [0.4, 0.5) is 8.78 Å². The van der Waals surface area contributed by atoms with Crippen LogP contribution in [0, 0.1) is 23.5 Å². The number of piperazine rings is 1. The summed E-state index contributed by atoms with van der Waals surface area (Å²) in [5.41, 5.74) is 0.107. The summed E-state index contributed by atoms with van der Waals surface area (Å²) in [5, 5.41) is 10.7. The summed E-state index contributed by atoms with van der Waals surface area (Å²) in [5.74, 6) is -1.35. The minimum atomic E-state index is -0.932. The lowest BCUT2D eigenvalue weighted by molar-refractivity contribution is -0.129. The van der Waals surface area contributed by atoms with E-state index in [2.05, 4.69) is 16.8 Å². The van der Waals surface area contributed by atoms with Crippen molar-refractivity contribution >= 4 is 5.91 Å². The number of nitrogens with zero attached hydrogens (tertiary/aromatic N) is 3. The normalized spacial score (nSPS) is 31.8. The van der Waals surface area contributed by atoms with E-state index in [-0.39, 0.29) is 30.0 Å². The highest BCUT2D eigenvalue weighted by Crippen LogP contribution is 2.38. The summed E-state index contributed by atoms with van der Waals surface area (Å²) in [4.78, 5) is 19.2. The van der Waals surface area contributed by atoms with E-state index in [4.69, 9.17) is 0 Å². The second kappa shape index (κ2) is 8.05. The Bertz CT molecular complexity index is 724. The molecule has 7 heteroatoms. The first-order chi connectivity index (χ1) is 13.4. The fraction of sp³-hybridized carbons (Fsp3) is 0.667. The van der Waals surface area contributed by atoms with E-state index in [0.717, 1.165) is 38.7 Å². The Balaban J connectivity index is 1.37. The highest BCUT2D eigenvalue weighted by molar-refractivity contribution is 5.79. The fourth-order valence-electron chi connectivity index (χ4n) is 5.12. The van der Waals surface area contributed by atoms with Crippen LogP contribution in [-0.2, 0) is 11.2 Å². The predicted molar refractivity (Wildman–Crippen MR) is 102 cm³/mol. The number of fused-ring (bicyclic) bond motifs is 1. The van der Waals surface area contributed by atoms with Crippen molar-refractivity contribution in [2.24, 2.45) is 11.8 Å². The van der Waals surface area contributed by atoms with Crippen LogP contribution in [0.2, 0.25) is 0 Å². The molecule has 2 aliphatic heterocycles. The van der Waals surface area contributed by atoms with Gasteiger partial charge in [0.05, 0.1) is 12.5 Å². The standard InChI is InChI=1S/C21H29F2N3O2/c1-24-5-7-25(8-6-24)18-9-15-12-26(13-16(15)10-19(18)27)20(28)11-14-3-2-4-17(22)21(14)23/h2-4,15-16,18-19,27H,5-13H2,1H3/t15-,16+,18-,19-/m1/s1. The van der Waals surface area contributed by atoms with E-state index in [1.807, 2.05) is 0 Å². The molecule has 3 aliphatic rings. The molecule has 1 aliphatic carbocycles. The second-order valence-electron chi connectivity index (χ2n) is 8.65.